The number of nitrogens with zero attached hydrogens (tertiary/aromatic N) is 4. The summed E-state index contributed by atoms with van der Waals surface area (Å²) in [5, 5.41) is 8.77. The fourth-order valence-corrected chi connectivity index (χ4v) is 2.58. The van der Waals surface area contributed by atoms with Gasteiger partial charge in [-0.3, -0.25) is 9.78 Å². The lowest BCUT2D eigenvalue weighted by atomic mass is 10.2. The van der Waals surface area contributed by atoms with E-state index in [4.69, 9.17) is 10.1 Å². The van der Waals surface area contributed by atoms with E-state index in [2.05, 4.69) is 9.97 Å². The van der Waals surface area contributed by atoms with Crippen molar-refractivity contribution in [2.45, 2.75) is 32.7 Å². The van der Waals surface area contributed by atoms with Crippen molar-refractivity contribution in [3.8, 4) is 11.4 Å². The molecule has 0 unspecified atom stereocenters. The summed E-state index contributed by atoms with van der Waals surface area (Å²) in [4.78, 5) is 24.0. The van der Waals surface area contributed by atoms with Crippen molar-refractivity contribution < 1.29 is 9.90 Å². The maximum Gasteiger partial charge on any atom is 0.303 e. The molecule has 6 nitrogen and oxygen atoms in total. The van der Waals surface area contributed by atoms with Crippen LogP contribution in [-0.2, 0) is 11.3 Å². The summed E-state index contributed by atoms with van der Waals surface area (Å²) in [6.45, 7) is 2.67. The van der Waals surface area contributed by atoms with Gasteiger partial charge in [0.25, 0.3) is 0 Å². The summed E-state index contributed by atoms with van der Waals surface area (Å²) < 4.78 is 2.05. The van der Waals surface area contributed by atoms with Crippen LogP contribution in [0.25, 0.3) is 22.6 Å². The van der Waals surface area contributed by atoms with Crippen molar-refractivity contribution in [2.75, 3.05) is 0 Å². The average Bonchev–Trinajstić information content (AvgIpc) is 2.90. The van der Waals surface area contributed by atoms with E-state index in [1.807, 2.05) is 35.9 Å². The van der Waals surface area contributed by atoms with E-state index in [9.17, 15) is 4.79 Å². The lowest BCUT2D eigenvalue weighted by molar-refractivity contribution is -0.137. The predicted octanol–water partition coefficient (Wildman–Crippen LogP) is 3.06. The van der Waals surface area contributed by atoms with E-state index in [0.717, 1.165) is 34.5 Å². The second-order valence-corrected chi connectivity index (χ2v) is 5.53. The number of carbonyl (C=O) groups is 1. The first-order valence-electron chi connectivity index (χ1n) is 7.60. The van der Waals surface area contributed by atoms with Crippen LogP contribution in [0, 0.1) is 6.92 Å². The molecule has 3 aromatic rings. The van der Waals surface area contributed by atoms with Gasteiger partial charge in [0.2, 0.25) is 0 Å². The van der Waals surface area contributed by atoms with Crippen LogP contribution < -0.4 is 0 Å². The number of carboxylic acid groups (broad SMARTS) is 1. The van der Waals surface area contributed by atoms with Crippen molar-refractivity contribution in [1.29, 1.82) is 0 Å². The van der Waals surface area contributed by atoms with Gasteiger partial charge in [-0.05, 0) is 43.5 Å². The highest BCUT2D eigenvalue weighted by Gasteiger charge is 2.14. The summed E-state index contributed by atoms with van der Waals surface area (Å²) in [6, 6.07) is 5.85. The van der Waals surface area contributed by atoms with Gasteiger partial charge in [-0.1, -0.05) is 0 Å². The Morgan fingerprint density at radius 3 is 2.91 bits per heavy atom. The molecule has 1 N–H and O–H groups in total. The van der Waals surface area contributed by atoms with Gasteiger partial charge in [-0.25, -0.2) is 9.97 Å². The van der Waals surface area contributed by atoms with Gasteiger partial charge in [0.15, 0.2) is 5.65 Å². The SMILES string of the molecule is Cc1cnc2c(c1)nc(-c1cccnc1)n2CCCCC(=O)O. The number of rotatable bonds is 6. The summed E-state index contributed by atoms with van der Waals surface area (Å²) in [5.41, 5.74) is 3.67. The first kappa shape index (κ1) is 15.1. The van der Waals surface area contributed by atoms with Gasteiger partial charge in [-0.2, -0.15) is 0 Å². The van der Waals surface area contributed by atoms with Crippen LogP contribution in [0.4, 0.5) is 0 Å². The molecule has 6 heteroatoms. The standard InChI is InChI=1S/C17H18N4O2/c1-12-9-14-17(19-10-12)21(8-3-2-6-15(22)23)16(20-14)13-5-4-7-18-11-13/h4-5,7,9-11H,2-3,6,8H2,1H3,(H,22,23). The van der Waals surface area contributed by atoms with Crippen LogP contribution >= 0.6 is 0 Å². The molecule has 0 aliphatic carbocycles. The Labute approximate surface area is 133 Å². The van der Waals surface area contributed by atoms with E-state index in [-0.39, 0.29) is 6.42 Å². The zero-order valence-corrected chi connectivity index (χ0v) is 12.9. The molecular formula is C17H18N4O2. The second-order valence-electron chi connectivity index (χ2n) is 5.53. The van der Waals surface area contributed by atoms with Crippen molar-refractivity contribution in [3.05, 3.63) is 42.4 Å². The normalized spacial score (nSPS) is 11.0. The Hall–Kier alpha value is -2.76. The molecule has 0 fully saturated rings. The number of hydrogen-bond acceptors (Lipinski definition) is 4. The maximum absolute atomic E-state index is 10.7. The summed E-state index contributed by atoms with van der Waals surface area (Å²) in [6.07, 6.45) is 6.91. The maximum atomic E-state index is 10.7. The van der Waals surface area contributed by atoms with Gasteiger partial charge in [0, 0.05) is 37.1 Å². The highest BCUT2D eigenvalue weighted by Crippen LogP contribution is 2.24. The molecule has 0 saturated carbocycles. The fourth-order valence-electron chi connectivity index (χ4n) is 2.58. The van der Waals surface area contributed by atoms with E-state index in [1.54, 1.807) is 12.4 Å². The quantitative estimate of drug-likeness (QED) is 0.708. The van der Waals surface area contributed by atoms with Crippen LogP contribution in [0.3, 0.4) is 0 Å². The molecule has 3 rings (SSSR count). The van der Waals surface area contributed by atoms with E-state index >= 15 is 0 Å². The van der Waals surface area contributed by atoms with Crippen LogP contribution in [0.15, 0.2) is 36.8 Å². The minimum atomic E-state index is -0.762. The largest absolute Gasteiger partial charge is 0.481 e. The third-order valence-corrected chi connectivity index (χ3v) is 3.66. The summed E-state index contributed by atoms with van der Waals surface area (Å²) in [7, 11) is 0. The third kappa shape index (κ3) is 3.36. The minimum absolute atomic E-state index is 0.182. The molecule has 0 spiro atoms. The molecule has 0 radical (unpaired) electrons. The summed E-state index contributed by atoms with van der Waals surface area (Å²) >= 11 is 0. The Morgan fingerprint density at radius 1 is 1.30 bits per heavy atom. The number of fused-ring (bicyclic) bond motifs is 1. The van der Waals surface area contributed by atoms with E-state index in [1.165, 1.54) is 0 Å². The van der Waals surface area contributed by atoms with Gasteiger partial charge < -0.3 is 9.67 Å². The number of aliphatic carboxylic acids is 1. The monoisotopic (exact) mass is 310 g/mol. The highest BCUT2D eigenvalue weighted by molar-refractivity contribution is 5.77. The molecule has 0 atom stereocenters. The lowest BCUT2D eigenvalue weighted by Gasteiger charge is -2.08. The first-order valence-corrected chi connectivity index (χ1v) is 7.60. The van der Waals surface area contributed by atoms with Crippen LogP contribution in [0.5, 0.6) is 0 Å². The Bertz CT molecular complexity index is 827. The Balaban J connectivity index is 1.97. The van der Waals surface area contributed by atoms with Gasteiger partial charge in [0.1, 0.15) is 11.3 Å². The number of unbranched alkanes of at least 4 members (excludes halogenated alkanes) is 1. The first-order chi connectivity index (χ1) is 11.1. The molecule has 118 valence electrons. The van der Waals surface area contributed by atoms with E-state index in [0.29, 0.717) is 13.0 Å². The number of imidazole rings is 1. The topological polar surface area (TPSA) is 80.9 Å². The number of hydrogen-bond donors (Lipinski definition) is 1. The number of pyridine rings is 2. The predicted molar refractivity (Wildman–Crippen MR) is 87.0 cm³/mol. The fraction of sp³-hybridized carbons (Fsp3) is 0.294. The lowest BCUT2D eigenvalue weighted by Crippen LogP contribution is -2.03. The smallest absolute Gasteiger partial charge is 0.303 e. The van der Waals surface area contributed by atoms with Crippen LogP contribution in [-0.4, -0.2) is 30.6 Å². The molecule has 3 heterocycles. The minimum Gasteiger partial charge on any atom is -0.481 e. The molecule has 3 aromatic heterocycles. The molecule has 0 aliphatic rings. The molecule has 23 heavy (non-hydrogen) atoms. The Morgan fingerprint density at radius 2 is 2.17 bits per heavy atom. The van der Waals surface area contributed by atoms with Crippen LogP contribution in [0.1, 0.15) is 24.8 Å². The van der Waals surface area contributed by atoms with Gasteiger partial charge >= 0.3 is 5.97 Å². The van der Waals surface area contributed by atoms with E-state index < -0.39 is 5.97 Å². The average molecular weight is 310 g/mol. The second kappa shape index (κ2) is 6.56. The molecule has 0 amide bonds. The molecular weight excluding hydrogens is 292 g/mol. The summed E-state index contributed by atoms with van der Waals surface area (Å²) in [5.74, 6) is 0.0586. The van der Waals surface area contributed by atoms with Crippen LogP contribution in [0.2, 0.25) is 0 Å². The van der Waals surface area contributed by atoms with Crippen molar-refractivity contribution in [3.63, 3.8) is 0 Å². The molecule has 0 bridgehead atoms. The van der Waals surface area contributed by atoms with Crippen molar-refractivity contribution >= 4 is 17.1 Å². The number of aryl methyl sites for hydroxylation is 2. The zero-order valence-electron chi connectivity index (χ0n) is 12.9. The van der Waals surface area contributed by atoms with Crippen molar-refractivity contribution in [2.24, 2.45) is 0 Å². The molecule has 0 saturated heterocycles. The van der Waals surface area contributed by atoms with Gasteiger partial charge in [0.05, 0.1) is 0 Å². The molecule has 0 aliphatic heterocycles. The zero-order chi connectivity index (χ0) is 16.2. The number of carboxylic acids is 1. The third-order valence-electron chi connectivity index (χ3n) is 3.66. The van der Waals surface area contributed by atoms with Crippen molar-refractivity contribution in [1.82, 2.24) is 19.5 Å². The van der Waals surface area contributed by atoms with Gasteiger partial charge in [-0.15, -0.1) is 0 Å². The highest BCUT2D eigenvalue weighted by atomic mass is 16.4. The molecule has 0 aromatic carbocycles. The Kier molecular flexibility index (Phi) is 4.32. The number of aromatic nitrogens is 4.